The number of thiazole rings is 1. The van der Waals surface area contributed by atoms with Gasteiger partial charge in [-0.05, 0) is 32.0 Å². The first kappa shape index (κ1) is 17.9. The first-order valence-electron chi connectivity index (χ1n) is 7.88. The van der Waals surface area contributed by atoms with E-state index in [0.717, 1.165) is 22.0 Å². The summed E-state index contributed by atoms with van der Waals surface area (Å²) >= 11 is 1.20. The summed E-state index contributed by atoms with van der Waals surface area (Å²) in [6, 6.07) is 9.84. The van der Waals surface area contributed by atoms with E-state index in [9.17, 15) is 4.79 Å². The number of nitrogens with zero attached hydrogens (tertiary/aromatic N) is 3. The molecular weight excluding hydrogens is 320 g/mol. The number of hydrogen-bond acceptors (Lipinski definition) is 5. The van der Waals surface area contributed by atoms with Crippen LogP contribution in [0.15, 0.2) is 41.3 Å². The molecule has 0 fully saturated rings. The Labute approximate surface area is 147 Å². The lowest BCUT2D eigenvalue weighted by atomic mass is 10.2. The predicted molar refractivity (Wildman–Crippen MR) is 103 cm³/mol. The van der Waals surface area contributed by atoms with Crippen LogP contribution in [0.25, 0.3) is 10.6 Å². The smallest absolute Gasteiger partial charge is 0.307 e. The molecule has 0 spiro atoms. The van der Waals surface area contributed by atoms with Crippen molar-refractivity contribution in [2.24, 2.45) is 7.05 Å². The van der Waals surface area contributed by atoms with Crippen molar-refractivity contribution in [2.75, 3.05) is 5.32 Å². The second-order valence-electron chi connectivity index (χ2n) is 5.10. The predicted octanol–water partition coefficient (Wildman–Crippen LogP) is 4.54. The highest BCUT2D eigenvalue weighted by Crippen LogP contribution is 2.25. The summed E-state index contributed by atoms with van der Waals surface area (Å²) in [4.78, 5) is 21.4. The van der Waals surface area contributed by atoms with E-state index in [4.69, 9.17) is 0 Å². The van der Waals surface area contributed by atoms with Gasteiger partial charge >= 0.3 is 4.87 Å². The van der Waals surface area contributed by atoms with Gasteiger partial charge in [0.25, 0.3) is 0 Å². The normalized spacial score (nSPS) is 10.0. The van der Waals surface area contributed by atoms with Crippen LogP contribution in [0.2, 0.25) is 0 Å². The van der Waals surface area contributed by atoms with Gasteiger partial charge in [0.2, 0.25) is 5.95 Å². The molecule has 2 heterocycles. The minimum Gasteiger partial charge on any atom is -0.324 e. The highest BCUT2D eigenvalue weighted by Gasteiger charge is 2.12. The third kappa shape index (κ3) is 3.89. The quantitative estimate of drug-likeness (QED) is 0.758. The lowest BCUT2D eigenvalue weighted by Gasteiger charge is -2.06. The number of aromatic nitrogens is 3. The van der Waals surface area contributed by atoms with Crippen LogP contribution in [0.4, 0.5) is 11.6 Å². The fourth-order valence-corrected chi connectivity index (χ4v) is 3.02. The first-order chi connectivity index (χ1) is 11.5. The number of anilines is 2. The summed E-state index contributed by atoms with van der Waals surface area (Å²) in [6.45, 7) is 7.96. The molecule has 0 atom stereocenters. The van der Waals surface area contributed by atoms with Gasteiger partial charge in [0.1, 0.15) is 0 Å². The molecule has 128 valence electrons. The second-order valence-corrected chi connectivity index (χ2v) is 6.06. The molecule has 0 aliphatic rings. The van der Waals surface area contributed by atoms with Crippen LogP contribution >= 0.6 is 11.3 Å². The maximum atomic E-state index is 11.8. The minimum absolute atomic E-state index is 0. The number of rotatable bonds is 3. The molecule has 24 heavy (non-hydrogen) atoms. The number of hydrogen-bond donors (Lipinski definition) is 1. The van der Waals surface area contributed by atoms with Gasteiger partial charge in [-0.1, -0.05) is 42.9 Å². The van der Waals surface area contributed by atoms with Crippen molar-refractivity contribution in [2.45, 2.75) is 27.7 Å². The molecule has 0 radical (unpaired) electrons. The SMILES string of the molecule is CC.Cc1ccc(Nc2nccc(-c3sc(=O)n(C)c3C)n2)cc1.[HH]. The Kier molecular flexibility index (Phi) is 5.87. The molecule has 6 heteroatoms. The molecular formula is C18H24N4OS. The van der Waals surface area contributed by atoms with E-state index >= 15 is 0 Å². The maximum absolute atomic E-state index is 11.8. The van der Waals surface area contributed by atoms with Gasteiger partial charge in [0.15, 0.2) is 0 Å². The number of nitrogens with one attached hydrogen (secondary N) is 1. The third-order valence-electron chi connectivity index (χ3n) is 3.49. The fraction of sp³-hybridized carbons (Fsp3) is 0.278. The van der Waals surface area contributed by atoms with Crippen LogP contribution in [0, 0.1) is 13.8 Å². The minimum atomic E-state index is 0. The topological polar surface area (TPSA) is 59.8 Å². The Hall–Kier alpha value is -2.47. The molecule has 3 aromatic rings. The van der Waals surface area contributed by atoms with Crippen molar-refractivity contribution in [3.05, 3.63) is 57.5 Å². The Morgan fingerprint density at radius 3 is 2.38 bits per heavy atom. The summed E-state index contributed by atoms with van der Waals surface area (Å²) in [5.41, 5.74) is 3.80. The lowest BCUT2D eigenvalue weighted by Crippen LogP contribution is -2.08. The summed E-state index contributed by atoms with van der Waals surface area (Å²) in [5, 5.41) is 3.18. The van der Waals surface area contributed by atoms with Gasteiger partial charge in [0.05, 0.1) is 10.6 Å². The molecule has 0 bridgehead atoms. The largest absolute Gasteiger partial charge is 0.324 e. The lowest BCUT2D eigenvalue weighted by molar-refractivity contribution is 0.854. The summed E-state index contributed by atoms with van der Waals surface area (Å²) in [6.07, 6.45) is 1.70. The van der Waals surface area contributed by atoms with Gasteiger partial charge in [0, 0.05) is 26.1 Å². The van der Waals surface area contributed by atoms with Crippen molar-refractivity contribution in [1.82, 2.24) is 14.5 Å². The van der Waals surface area contributed by atoms with Crippen molar-refractivity contribution >= 4 is 23.0 Å². The first-order valence-corrected chi connectivity index (χ1v) is 8.70. The van der Waals surface area contributed by atoms with E-state index in [1.165, 1.54) is 16.9 Å². The van der Waals surface area contributed by atoms with Crippen molar-refractivity contribution in [3.63, 3.8) is 0 Å². The van der Waals surface area contributed by atoms with Crippen LogP contribution in [0.1, 0.15) is 26.5 Å². The molecule has 0 amide bonds. The van der Waals surface area contributed by atoms with Crippen molar-refractivity contribution in [3.8, 4) is 10.6 Å². The van der Waals surface area contributed by atoms with Gasteiger partial charge in [-0.2, -0.15) is 0 Å². The average Bonchev–Trinajstić information content (AvgIpc) is 2.86. The van der Waals surface area contributed by atoms with Crippen molar-refractivity contribution < 1.29 is 1.43 Å². The van der Waals surface area contributed by atoms with Crippen LogP contribution in [0.5, 0.6) is 0 Å². The van der Waals surface area contributed by atoms with Gasteiger partial charge in [-0.25, -0.2) is 9.97 Å². The Balaban J connectivity index is 0.00000101. The average molecular weight is 344 g/mol. The van der Waals surface area contributed by atoms with Gasteiger partial charge in [-0.3, -0.25) is 4.79 Å². The van der Waals surface area contributed by atoms with Crippen LogP contribution in [-0.4, -0.2) is 14.5 Å². The molecule has 0 saturated heterocycles. The molecule has 1 aromatic carbocycles. The highest BCUT2D eigenvalue weighted by molar-refractivity contribution is 7.13. The molecule has 0 saturated carbocycles. The summed E-state index contributed by atoms with van der Waals surface area (Å²) in [5.74, 6) is 0.518. The van der Waals surface area contributed by atoms with E-state index in [1.54, 1.807) is 17.8 Å². The molecule has 2 aromatic heterocycles. The Bertz CT molecular complexity index is 872. The third-order valence-corrected chi connectivity index (χ3v) is 4.65. The second kappa shape index (κ2) is 7.88. The fourth-order valence-electron chi connectivity index (χ4n) is 2.07. The molecule has 0 aliphatic heterocycles. The summed E-state index contributed by atoms with van der Waals surface area (Å²) in [7, 11) is 1.77. The molecule has 0 unspecified atom stereocenters. The molecule has 1 N–H and O–H groups in total. The monoisotopic (exact) mass is 344 g/mol. The standard InChI is InChI=1S/C16H16N4OS.C2H6.H2/c1-10-4-6-12(7-5-10)18-15-17-9-8-13(19-15)14-11(2)20(3)16(21)22-14;1-2;/h4-9H,1-3H3,(H,17,18,19);1-2H3;1H. The van der Waals surface area contributed by atoms with Gasteiger partial charge in [-0.15, -0.1) is 0 Å². The zero-order chi connectivity index (χ0) is 17.7. The van der Waals surface area contributed by atoms with E-state index in [0.29, 0.717) is 5.95 Å². The zero-order valence-electron chi connectivity index (χ0n) is 14.6. The Morgan fingerprint density at radius 2 is 1.79 bits per heavy atom. The maximum Gasteiger partial charge on any atom is 0.307 e. The van der Waals surface area contributed by atoms with Gasteiger partial charge < -0.3 is 9.88 Å². The van der Waals surface area contributed by atoms with Crippen LogP contribution < -0.4 is 10.2 Å². The van der Waals surface area contributed by atoms with Crippen molar-refractivity contribution in [1.29, 1.82) is 0 Å². The highest BCUT2D eigenvalue weighted by atomic mass is 32.1. The van der Waals surface area contributed by atoms with E-state index in [1.807, 2.05) is 58.0 Å². The molecule has 3 rings (SSSR count). The Morgan fingerprint density at radius 1 is 1.12 bits per heavy atom. The zero-order valence-corrected chi connectivity index (χ0v) is 15.4. The van der Waals surface area contributed by atoms with E-state index in [2.05, 4.69) is 15.3 Å². The number of aryl methyl sites for hydroxylation is 1. The molecule has 0 aliphatic carbocycles. The van der Waals surface area contributed by atoms with E-state index < -0.39 is 0 Å². The summed E-state index contributed by atoms with van der Waals surface area (Å²) < 4.78 is 1.63. The van der Waals surface area contributed by atoms with E-state index in [-0.39, 0.29) is 6.30 Å². The van der Waals surface area contributed by atoms with Crippen LogP contribution in [0.3, 0.4) is 0 Å². The number of benzene rings is 1. The van der Waals surface area contributed by atoms with Crippen LogP contribution in [-0.2, 0) is 7.05 Å². The molecule has 5 nitrogen and oxygen atoms in total.